The van der Waals surface area contributed by atoms with E-state index in [0.29, 0.717) is 51.7 Å². The Morgan fingerprint density at radius 2 is 1.83 bits per heavy atom. The molecule has 8 nitrogen and oxygen atoms in total. The number of anilines is 2. The van der Waals surface area contributed by atoms with E-state index in [1.54, 1.807) is 18.2 Å². The van der Waals surface area contributed by atoms with Crippen LogP contribution in [0.4, 0.5) is 15.8 Å². The Kier molecular flexibility index (Phi) is 7.78. The van der Waals surface area contributed by atoms with Gasteiger partial charge in [0.2, 0.25) is 0 Å². The second kappa shape index (κ2) is 12.0. The molecule has 3 aromatic carbocycles. The highest BCUT2D eigenvalue weighted by Gasteiger charge is 2.32. The van der Waals surface area contributed by atoms with Gasteiger partial charge in [0.05, 0.1) is 45.6 Å². The molecule has 1 fully saturated rings. The fourth-order valence-corrected chi connectivity index (χ4v) is 5.44. The van der Waals surface area contributed by atoms with Crippen molar-refractivity contribution in [2.75, 3.05) is 10.6 Å². The Hall–Kier alpha value is -4.83. The fraction of sp³-hybridized carbons (Fsp3) is 0.219. The Morgan fingerprint density at radius 3 is 2.55 bits per heavy atom. The third-order valence-corrected chi connectivity index (χ3v) is 7.77. The van der Waals surface area contributed by atoms with Crippen LogP contribution in [0.25, 0.3) is 10.9 Å². The smallest absolute Gasteiger partial charge is 0.123 e. The second-order valence-electron chi connectivity index (χ2n) is 10.4. The zero-order valence-electron chi connectivity index (χ0n) is 22.6. The van der Waals surface area contributed by atoms with Gasteiger partial charge in [0, 0.05) is 35.9 Å². The van der Waals surface area contributed by atoms with E-state index in [1.165, 1.54) is 18.3 Å². The number of halogens is 2. The summed E-state index contributed by atoms with van der Waals surface area (Å²) >= 11 is 6.79. The Bertz CT molecular complexity index is 1710. The van der Waals surface area contributed by atoms with Crippen LogP contribution in [-0.4, -0.2) is 16.0 Å². The van der Waals surface area contributed by atoms with Crippen LogP contribution in [-0.2, 0) is 0 Å². The van der Waals surface area contributed by atoms with E-state index < -0.39 is 0 Å². The topological polar surface area (TPSA) is 112 Å². The first-order valence-corrected chi connectivity index (χ1v) is 14.2. The van der Waals surface area contributed by atoms with Crippen LogP contribution in [0.2, 0.25) is 5.02 Å². The maximum Gasteiger partial charge on any atom is 0.123 e. The zero-order chi connectivity index (χ0) is 29.1. The van der Waals surface area contributed by atoms with E-state index >= 15 is 0 Å². The van der Waals surface area contributed by atoms with E-state index in [1.807, 2.05) is 42.6 Å². The molecule has 2 aliphatic rings. The van der Waals surface area contributed by atoms with E-state index in [9.17, 15) is 14.9 Å². The molecule has 4 aromatic rings. The molecule has 1 aliphatic heterocycles. The maximum absolute atomic E-state index is 13.8. The lowest BCUT2D eigenvalue weighted by atomic mass is 10.00. The highest BCUT2D eigenvalue weighted by Crippen LogP contribution is 2.38. The summed E-state index contributed by atoms with van der Waals surface area (Å²) in [6.07, 6.45) is 6.69. The number of pyridine rings is 1. The molecule has 0 spiro atoms. The van der Waals surface area contributed by atoms with Crippen LogP contribution in [0.5, 0.6) is 0 Å². The molecule has 42 heavy (non-hydrogen) atoms. The van der Waals surface area contributed by atoms with Crippen LogP contribution in [0.3, 0.4) is 0 Å². The molecule has 2 atom stereocenters. The minimum absolute atomic E-state index is 0.210. The minimum atomic E-state index is -0.355. The molecule has 2 unspecified atom stereocenters. The lowest BCUT2D eigenvalue weighted by Crippen LogP contribution is -2.38. The van der Waals surface area contributed by atoms with Crippen molar-refractivity contribution < 1.29 is 4.39 Å². The second-order valence-corrected chi connectivity index (χ2v) is 10.8. The lowest BCUT2D eigenvalue weighted by Gasteiger charge is -2.24. The average Bonchev–Trinajstić information content (AvgIpc) is 3.75. The monoisotopic (exact) mass is 578 g/mol. The molecular weight excluding hydrogens is 551 g/mol. The largest absolute Gasteiger partial charge is 0.377 e. The van der Waals surface area contributed by atoms with Crippen molar-refractivity contribution >= 4 is 33.9 Å². The van der Waals surface area contributed by atoms with Gasteiger partial charge < -0.3 is 16.1 Å². The predicted molar refractivity (Wildman–Crippen MR) is 161 cm³/mol. The van der Waals surface area contributed by atoms with E-state index in [4.69, 9.17) is 11.6 Å². The third kappa shape index (κ3) is 5.80. The van der Waals surface area contributed by atoms with Gasteiger partial charge in [-0.2, -0.15) is 10.5 Å². The number of nitrogens with zero attached hydrogens (tertiary/aromatic N) is 4. The predicted octanol–water partition coefficient (Wildman–Crippen LogP) is 6.84. The molecule has 0 saturated heterocycles. The van der Waals surface area contributed by atoms with E-state index in [0.717, 1.165) is 29.7 Å². The summed E-state index contributed by atoms with van der Waals surface area (Å²) in [6, 6.07) is 24.3. The number of nitriles is 2. The SMILES string of the molecule is N#CCCC(Nc1c(C#N)cnc2c(Cl)cc(NC(C3=CN(C4CC4)NN3)c3ccc(F)cc3)cc12)c1ccccc1. The van der Waals surface area contributed by atoms with Crippen molar-refractivity contribution in [3.63, 3.8) is 0 Å². The first kappa shape index (κ1) is 27.3. The minimum Gasteiger partial charge on any atom is -0.377 e. The van der Waals surface area contributed by atoms with Gasteiger partial charge in [-0.05, 0) is 54.7 Å². The highest BCUT2D eigenvalue weighted by molar-refractivity contribution is 6.35. The summed E-state index contributed by atoms with van der Waals surface area (Å²) in [4.78, 5) is 4.50. The molecule has 0 radical (unpaired) electrons. The number of hydrogen-bond donors (Lipinski definition) is 4. The number of benzene rings is 3. The van der Waals surface area contributed by atoms with Crippen LogP contribution >= 0.6 is 11.6 Å². The van der Waals surface area contributed by atoms with Gasteiger partial charge in [0.1, 0.15) is 11.9 Å². The van der Waals surface area contributed by atoms with Gasteiger partial charge in [-0.25, -0.2) is 4.39 Å². The van der Waals surface area contributed by atoms with Gasteiger partial charge in [-0.3, -0.25) is 9.99 Å². The van der Waals surface area contributed by atoms with E-state index in [2.05, 4.69) is 43.7 Å². The molecule has 210 valence electrons. The van der Waals surface area contributed by atoms with Crippen LogP contribution in [0.15, 0.2) is 84.8 Å². The quantitative estimate of drug-likeness (QED) is 0.162. The van der Waals surface area contributed by atoms with Gasteiger partial charge in [0.25, 0.3) is 0 Å². The number of fused-ring (bicyclic) bond motifs is 1. The summed E-state index contributed by atoms with van der Waals surface area (Å²) in [7, 11) is 0. The Labute approximate surface area is 248 Å². The molecule has 1 aliphatic carbocycles. The fourth-order valence-electron chi connectivity index (χ4n) is 5.18. The van der Waals surface area contributed by atoms with Gasteiger partial charge in [0.15, 0.2) is 0 Å². The summed E-state index contributed by atoms with van der Waals surface area (Å²) < 4.78 is 13.8. The van der Waals surface area contributed by atoms with Crippen LogP contribution < -0.4 is 21.6 Å². The standard InChI is InChI=1S/C32H28ClFN8/c33-27-16-24(38-31(21-8-10-23(34)11-9-21)29-19-42(41-40-29)25-12-13-25)15-26-30(22(17-36)18-37-32(26)27)39-28(7-4-14-35)20-5-2-1-3-6-20/h1-3,5-6,8-11,15-16,18-19,25,28,31,38,40-41H,4,7,12-13H2,(H,37,39). The number of hydrazine groups is 2. The summed E-state index contributed by atoms with van der Waals surface area (Å²) in [5.74, 6) is -0.312. The van der Waals surface area contributed by atoms with Gasteiger partial charge >= 0.3 is 0 Å². The summed E-state index contributed by atoms with van der Waals surface area (Å²) in [6.45, 7) is 0. The molecular formula is C32H28ClFN8. The summed E-state index contributed by atoms with van der Waals surface area (Å²) in [5.41, 5.74) is 11.4. The normalized spacial score (nSPS) is 15.7. The first-order chi connectivity index (χ1) is 20.5. The molecule has 6 rings (SSSR count). The summed E-state index contributed by atoms with van der Waals surface area (Å²) in [5, 5.41) is 29.6. The number of aromatic nitrogens is 1. The maximum atomic E-state index is 13.8. The van der Waals surface area contributed by atoms with Crippen molar-refractivity contribution in [1.82, 2.24) is 21.0 Å². The number of rotatable bonds is 10. The van der Waals surface area contributed by atoms with Crippen molar-refractivity contribution in [3.8, 4) is 12.1 Å². The zero-order valence-corrected chi connectivity index (χ0v) is 23.4. The van der Waals surface area contributed by atoms with E-state index in [-0.39, 0.29) is 17.9 Å². The van der Waals surface area contributed by atoms with Crippen molar-refractivity contribution in [2.24, 2.45) is 0 Å². The van der Waals surface area contributed by atoms with Crippen molar-refractivity contribution in [2.45, 2.75) is 43.8 Å². The molecule has 4 N–H and O–H groups in total. The van der Waals surface area contributed by atoms with Crippen molar-refractivity contribution in [1.29, 1.82) is 10.5 Å². The van der Waals surface area contributed by atoms with Crippen molar-refractivity contribution in [3.05, 3.63) is 112 Å². The van der Waals surface area contributed by atoms with Crippen LogP contribution in [0.1, 0.15) is 54.5 Å². The Balaban J connectivity index is 1.41. The van der Waals surface area contributed by atoms with Gasteiger partial charge in [-0.1, -0.05) is 54.1 Å². The number of hydrogen-bond acceptors (Lipinski definition) is 8. The lowest BCUT2D eigenvalue weighted by molar-refractivity contribution is 0.260. The molecule has 0 bridgehead atoms. The highest BCUT2D eigenvalue weighted by atomic mass is 35.5. The number of nitrogens with one attached hydrogen (secondary N) is 4. The average molecular weight is 579 g/mol. The molecule has 2 heterocycles. The molecule has 1 aromatic heterocycles. The first-order valence-electron chi connectivity index (χ1n) is 13.8. The van der Waals surface area contributed by atoms with Gasteiger partial charge in [-0.15, -0.1) is 5.53 Å². The third-order valence-electron chi connectivity index (χ3n) is 7.48. The molecule has 0 amide bonds. The van der Waals surface area contributed by atoms with Crippen LogP contribution in [0, 0.1) is 28.5 Å². The Morgan fingerprint density at radius 1 is 1.05 bits per heavy atom. The molecule has 10 heteroatoms. The molecule has 1 saturated carbocycles.